The van der Waals surface area contributed by atoms with Gasteiger partial charge < -0.3 is 5.32 Å². The third-order valence-electron chi connectivity index (χ3n) is 3.53. The molecule has 0 fully saturated rings. The largest absolute Gasteiger partial charge is 0.326 e. The van der Waals surface area contributed by atoms with Crippen LogP contribution in [0.5, 0.6) is 0 Å². The maximum atomic E-state index is 12.2. The van der Waals surface area contributed by atoms with Gasteiger partial charge in [0.05, 0.1) is 17.0 Å². The Morgan fingerprint density at radius 1 is 1.19 bits per heavy atom. The Labute approximate surface area is 160 Å². The standard InChI is InChI=1S/C18H15ClN2O3S2/c1-26(23,24)16-7-5-14(6-8-16)20-17(22)10-15-11-25-18(21-15)12-3-2-4-13(19)9-12/h2-9,11H,10H2,1H3,(H,20,22). The van der Waals surface area contributed by atoms with Gasteiger partial charge in [-0.25, -0.2) is 13.4 Å². The first-order valence-corrected chi connectivity index (χ1v) is 10.8. The van der Waals surface area contributed by atoms with Gasteiger partial charge in [-0.05, 0) is 36.4 Å². The average Bonchev–Trinajstić information content (AvgIpc) is 3.03. The summed E-state index contributed by atoms with van der Waals surface area (Å²) in [5.74, 6) is -0.222. The van der Waals surface area contributed by atoms with Crippen LogP contribution in [0.15, 0.2) is 58.8 Å². The number of carbonyl (C=O) groups is 1. The van der Waals surface area contributed by atoms with E-state index in [1.54, 1.807) is 18.2 Å². The molecular weight excluding hydrogens is 392 g/mol. The molecule has 1 N–H and O–H groups in total. The lowest BCUT2D eigenvalue weighted by Gasteiger charge is -2.05. The van der Waals surface area contributed by atoms with Crippen LogP contribution in [-0.4, -0.2) is 25.6 Å². The lowest BCUT2D eigenvalue weighted by atomic mass is 10.2. The molecule has 1 heterocycles. The normalized spacial score (nSPS) is 11.3. The van der Waals surface area contributed by atoms with Gasteiger partial charge in [-0.2, -0.15) is 0 Å². The second-order valence-electron chi connectivity index (χ2n) is 5.68. The molecule has 0 spiro atoms. The molecular formula is C18H15ClN2O3S2. The molecule has 8 heteroatoms. The van der Waals surface area contributed by atoms with Crippen LogP contribution in [0, 0.1) is 0 Å². The summed E-state index contributed by atoms with van der Waals surface area (Å²) in [4.78, 5) is 16.9. The zero-order chi connectivity index (χ0) is 18.7. The number of amides is 1. The Kier molecular flexibility index (Phi) is 5.41. The number of benzene rings is 2. The van der Waals surface area contributed by atoms with Crippen molar-refractivity contribution in [1.82, 2.24) is 4.98 Å². The molecule has 1 aromatic heterocycles. The van der Waals surface area contributed by atoms with E-state index in [4.69, 9.17) is 11.6 Å². The monoisotopic (exact) mass is 406 g/mol. The highest BCUT2D eigenvalue weighted by molar-refractivity contribution is 7.90. The van der Waals surface area contributed by atoms with Crippen LogP contribution in [-0.2, 0) is 21.1 Å². The van der Waals surface area contributed by atoms with Crippen molar-refractivity contribution in [2.45, 2.75) is 11.3 Å². The van der Waals surface area contributed by atoms with E-state index in [9.17, 15) is 13.2 Å². The van der Waals surface area contributed by atoms with Crippen LogP contribution in [0.4, 0.5) is 5.69 Å². The van der Waals surface area contributed by atoms with Crippen molar-refractivity contribution in [3.8, 4) is 10.6 Å². The summed E-state index contributed by atoms with van der Waals surface area (Å²) in [5.41, 5.74) is 2.11. The number of carbonyl (C=O) groups excluding carboxylic acids is 1. The second-order valence-corrected chi connectivity index (χ2v) is 8.99. The lowest BCUT2D eigenvalue weighted by molar-refractivity contribution is -0.115. The molecule has 134 valence electrons. The lowest BCUT2D eigenvalue weighted by Crippen LogP contribution is -2.14. The van der Waals surface area contributed by atoms with Gasteiger partial charge in [0.25, 0.3) is 0 Å². The fourth-order valence-electron chi connectivity index (χ4n) is 2.30. The fraction of sp³-hybridized carbons (Fsp3) is 0.111. The molecule has 0 saturated carbocycles. The predicted molar refractivity (Wildman–Crippen MR) is 104 cm³/mol. The summed E-state index contributed by atoms with van der Waals surface area (Å²) in [6, 6.07) is 13.4. The number of thiazole rings is 1. The molecule has 0 atom stereocenters. The van der Waals surface area contributed by atoms with Crippen molar-refractivity contribution in [3.05, 3.63) is 64.6 Å². The number of hydrogen-bond donors (Lipinski definition) is 1. The van der Waals surface area contributed by atoms with Crippen LogP contribution >= 0.6 is 22.9 Å². The molecule has 0 saturated heterocycles. The van der Waals surface area contributed by atoms with Crippen molar-refractivity contribution < 1.29 is 13.2 Å². The van der Waals surface area contributed by atoms with Crippen molar-refractivity contribution in [2.75, 3.05) is 11.6 Å². The molecule has 5 nitrogen and oxygen atoms in total. The van der Waals surface area contributed by atoms with E-state index in [0.717, 1.165) is 16.8 Å². The molecule has 0 bridgehead atoms. The van der Waals surface area contributed by atoms with E-state index in [-0.39, 0.29) is 17.2 Å². The maximum Gasteiger partial charge on any atom is 0.230 e. The van der Waals surface area contributed by atoms with Crippen LogP contribution in [0.1, 0.15) is 5.69 Å². The number of nitrogens with one attached hydrogen (secondary N) is 1. The minimum atomic E-state index is -3.25. The first kappa shape index (κ1) is 18.6. The zero-order valence-corrected chi connectivity index (χ0v) is 16.2. The number of anilines is 1. The van der Waals surface area contributed by atoms with E-state index in [2.05, 4.69) is 10.3 Å². The van der Waals surface area contributed by atoms with E-state index in [0.29, 0.717) is 16.4 Å². The number of rotatable bonds is 5. The van der Waals surface area contributed by atoms with E-state index < -0.39 is 9.84 Å². The van der Waals surface area contributed by atoms with Gasteiger partial charge in [0.15, 0.2) is 9.84 Å². The van der Waals surface area contributed by atoms with Gasteiger partial charge in [-0.1, -0.05) is 23.7 Å². The topological polar surface area (TPSA) is 76.1 Å². The number of nitrogens with zero attached hydrogens (tertiary/aromatic N) is 1. The molecule has 0 aliphatic heterocycles. The van der Waals surface area contributed by atoms with Crippen LogP contribution in [0.3, 0.4) is 0 Å². The van der Waals surface area contributed by atoms with Crippen molar-refractivity contribution in [3.63, 3.8) is 0 Å². The van der Waals surface area contributed by atoms with E-state index in [1.807, 2.05) is 23.6 Å². The van der Waals surface area contributed by atoms with Crippen molar-refractivity contribution in [2.24, 2.45) is 0 Å². The summed E-state index contributed by atoms with van der Waals surface area (Å²) in [6.45, 7) is 0. The third kappa shape index (κ3) is 4.69. The first-order valence-electron chi connectivity index (χ1n) is 7.61. The first-order chi connectivity index (χ1) is 12.3. The van der Waals surface area contributed by atoms with Gasteiger partial charge in [-0.15, -0.1) is 11.3 Å². The smallest absolute Gasteiger partial charge is 0.230 e. The molecule has 3 rings (SSSR count). The van der Waals surface area contributed by atoms with Gasteiger partial charge in [0.2, 0.25) is 5.91 Å². The number of hydrogen-bond acceptors (Lipinski definition) is 5. The van der Waals surface area contributed by atoms with E-state index in [1.165, 1.54) is 23.5 Å². The third-order valence-corrected chi connectivity index (χ3v) is 5.83. The van der Waals surface area contributed by atoms with Gasteiger partial charge in [0.1, 0.15) is 5.01 Å². The Morgan fingerprint density at radius 3 is 2.58 bits per heavy atom. The van der Waals surface area contributed by atoms with Crippen molar-refractivity contribution in [1.29, 1.82) is 0 Å². The summed E-state index contributed by atoms with van der Waals surface area (Å²) in [7, 11) is -3.25. The van der Waals surface area contributed by atoms with Gasteiger partial charge >= 0.3 is 0 Å². The number of aromatic nitrogens is 1. The SMILES string of the molecule is CS(=O)(=O)c1ccc(NC(=O)Cc2csc(-c3cccc(Cl)c3)n2)cc1. The number of halogens is 1. The molecule has 26 heavy (non-hydrogen) atoms. The second kappa shape index (κ2) is 7.57. The van der Waals surface area contributed by atoms with E-state index >= 15 is 0 Å². The minimum Gasteiger partial charge on any atom is -0.326 e. The Bertz CT molecular complexity index is 1040. The predicted octanol–water partition coefficient (Wildman–Crippen LogP) is 4.05. The minimum absolute atomic E-state index is 0.130. The Hall–Kier alpha value is -2.22. The molecule has 0 aliphatic carbocycles. The van der Waals surface area contributed by atoms with Crippen LogP contribution < -0.4 is 5.32 Å². The van der Waals surface area contributed by atoms with Crippen LogP contribution in [0.2, 0.25) is 5.02 Å². The highest BCUT2D eigenvalue weighted by Crippen LogP contribution is 2.26. The van der Waals surface area contributed by atoms with Gasteiger partial charge in [-0.3, -0.25) is 4.79 Å². The van der Waals surface area contributed by atoms with Crippen LogP contribution in [0.25, 0.3) is 10.6 Å². The molecule has 3 aromatic rings. The molecule has 2 aromatic carbocycles. The highest BCUT2D eigenvalue weighted by Gasteiger charge is 2.11. The Balaban J connectivity index is 1.65. The van der Waals surface area contributed by atoms with Gasteiger partial charge in [0, 0.05) is 27.9 Å². The summed E-state index contributed by atoms with van der Waals surface area (Å²) >= 11 is 7.44. The molecule has 1 amide bonds. The summed E-state index contributed by atoms with van der Waals surface area (Å²) in [5, 5.41) is 6.01. The fourth-order valence-corrected chi connectivity index (χ4v) is 3.93. The molecule has 0 aliphatic rings. The number of sulfone groups is 1. The summed E-state index contributed by atoms with van der Waals surface area (Å²) in [6.07, 6.45) is 1.27. The Morgan fingerprint density at radius 2 is 1.92 bits per heavy atom. The zero-order valence-electron chi connectivity index (χ0n) is 13.8. The maximum absolute atomic E-state index is 12.2. The van der Waals surface area contributed by atoms with Crippen molar-refractivity contribution >= 4 is 44.4 Å². The quantitative estimate of drug-likeness (QED) is 0.693. The molecule has 0 radical (unpaired) electrons. The highest BCUT2D eigenvalue weighted by atomic mass is 35.5. The average molecular weight is 407 g/mol. The molecule has 0 unspecified atom stereocenters. The summed E-state index contributed by atoms with van der Waals surface area (Å²) < 4.78 is 22.9.